The van der Waals surface area contributed by atoms with E-state index in [1.54, 1.807) is 6.20 Å². The van der Waals surface area contributed by atoms with Crippen LogP contribution in [0.25, 0.3) is 0 Å². The minimum absolute atomic E-state index is 0.521. The van der Waals surface area contributed by atoms with E-state index in [1.165, 1.54) is 25.7 Å². The lowest BCUT2D eigenvalue weighted by molar-refractivity contribution is 0.613. The highest BCUT2D eigenvalue weighted by atomic mass is 15.3. The Kier molecular flexibility index (Phi) is 4.58. The number of aliphatic imine (C=N–C) groups is 1. The Labute approximate surface area is 108 Å². The average molecular weight is 250 g/mol. The Hall–Kier alpha value is -1.56. The molecule has 1 aromatic rings. The summed E-state index contributed by atoms with van der Waals surface area (Å²) in [7, 11) is 1.99. The lowest BCUT2D eigenvalue weighted by Gasteiger charge is -2.14. The van der Waals surface area contributed by atoms with E-state index >= 15 is 0 Å². The van der Waals surface area contributed by atoms with E-state index in [0.29, 0.717) is 18.5 Å². The van der Waals surface area contributed by atoms with Crippen LogP contribution in [-0.4, -0.2) is 28.1 Å². The predicted molar refractivity (Wildman–Crippen MR) is 71.9 cm³/mol. The molecule has 0 saturated heterocycles. The molecule has 0 atom stereocenters. The standard InChI is InChI=1S/C12H22N6/c1-18-9-8-14-11(18)6-7-15-12(17-13)16-10-4-2-3-5-10/h8-10H,2-7,13H2,1H3,(H2,15,16,17). The first-order chi connectivity index (χ1) is 8.79. The number of hydrogen-bond acceptors (Lipinski definition) is 3. The second-order valence-electron chi connectivity index (χ2n) is 4.70. The van der Waals surface area contributed by atoms with Crippen molar-refractivity contribution in [1.29, 1.82) is 0 Å². The first kappa shape index (κ1) is 12.9. The smallest absolute Gasteiger partial charge is 0.205 e. The minimum atomic E-state index is 0.521. The SMILES string of the molecule is Cn1ccnc1CCN=C(NN)NC1CCCC1. The summed E-state index contributed by atoms with van der Waals surface area (Å²) in [4.78, 5) is 8.70. The molecule has 4 N–H and O–H groups in total. The van der Waals surface area contributed by atoms with Crippen LogP contribution >= 0.6 is 0 Å². The van der Waals surface area contributed by atoms with Gasteiger partial charge in [-0.15, -0.1) is 0 Å². The molecule has 1 fully saturated rings. The average Bonchev–Trinajstić information content (AvgIpc) is 3.00. The van der Waals surface area contributed by atoms with Crippen molar-refractivity contribution in [1.82, 2.24) is 20.3 Å². The van der Waals surface area contributed by atoms with Gasteiger partial charge in [0.25, 0.3) is 0 Å². The molecule has 0 bridgehead atoms. The van der Waals surface area contributed by atoms with Gasteiger partial charge >= 0.3 is 0 Å². The molecule has 0 spiro atoms. The van der Waals surface area contributed by atoms with Gasteiger partial charge in [-0.25, -0.2) is 10.8 Å². The van der Waals surface area contributed by atoms with Gasteiger partial charge in [0.05, 0.1) is 0 Å². The van der Waals surface area contributed by atoms with Gasteiger partial charge in [0.2, 0.25) is 5.96 Å². The highest BCUT2D eigenvalue weighted by Crippen LogP contribution is 2.17. The quantitative estimate of drug-likeness (QED) is 0.311. The molecular weight excluding hydrogens is 228 g/mol. The molecular formula is C12H22N6. The molecule has 0 aliphatic heterocycles. The monoisotopic (exact) mass is 250 g/mol. The fourth-order valence-corrected chi connectivity index (χ4v) is 2.30. The second kappa shape index (κ2) is 6.39. The third-order valence-corrected chi connectivity index (χ3v) is 3.36. The number of hydrazine groups is 1. The third-order valence-electron chi connectivity index (χ3n) is 3.36. The van der Waals surface area contributed by atoms with Crippen molar-refractivity contribution in [2.24, 2.45) is 17.9 Å². The van der Waals surface area contributed by atoms with Gasteiger partial charge in [0, 0.05) is 38.4 Å². The fourth-order valence-electron chi connectivity index (χ4n) is 2.30. The van der Waals surface area contributed by atoms with Crippen molar-refractivity contribution < 1.29 is 0 Å². The maximum Gasteiger partial charge on any atom is 0.205 e. The molecule has 0 aromatic carbocycles. The van der Waals surface area contributed by atoms with Gasteiger partial charge in [-0.2, -0.15) is 0 Å². The summed E-state index contributed by atoms with van der Waals surface area (Å²) in [5, 5.41) is 3.35. The van der Waals surface area contributed by atoms with Crippen LogP contribution in [0.3, 0.4) is 0 Å². The van der Waals surface area contributed by atoms with Crippen molar-refractivity contribution in [3.05, 3.63) is 18.2 Å². The maximum atomic E-state index is 5.48. The second-order valence-corrected chi connectivity index (χ2v) is 4.70. The van der Waals surface area contributed by atoms with Gasteiger partial charge in [-0.1, -0.05) is 12.8 Å². The molecule has 0 unspecified atom stereocenters. The van der Waals surface area contributed by atoms with Crippen molar-refractivity contribution in [3.63, 3.8) is 0 Å². The van der Waals surface area contributed by atoms with Gasteiger partial charge in [-0.05, 0) is 12.8 Å². The van der Waals surface area contributed by atoms with Crippen LogP contribution in [-0.2, 0) is 13.5 Å². The number of hydrogen-bond donors (Lipinski definition) is 3. The van der Waals surface area contributed by atoms with Crippen LogP contribution in [0.4, 0.5) is 0 Å². The summed E-state index contributed by atoms with van der Waals surface area (Å²) < 4.78 is 2.01. The molecule has 100 valence electrons. The van der Waals surface area contributed by atoms with Crippen LogP contribution in [0.2, 0.25) is 0 Å². The van der Waals surface area contributed by atoms with Gasteiger partial charge in [-0.3, -0.25) is 10.4 Å². The van der Waals surface area contributed by atoms with E-state index < -0.39 is 0 Å². The zero-order chi connectivity index (χ0) is 12.8. The van der Waals surface area contributed by atoms with E-state index in [-0.39, 0.29) is 0 Å². The predicted octanol–water partition coefficient (Wildman–Crippen LogP) is 0.314. The molecule has 18 heavy (non-hydrogen) atoms. The topological polar surface area (TPSA) is 80.3 Å². The summed E-state index contributed by atoms with van der Waals surface area (Å²) in [6, 6.07) is 0.521. The van der Waals surface area contributed by atoms with Crippen molar-refractivity contribution in [3.8, 4) is 0 Å². The summed E-state index contributed by atoms with van der Waals surface area (Å²) in [5.74, 6) is 7.20. The van der Waals surface area contributed by atoms with Crippen molar-refractivity contribution in [2.75, 3.05) is 6.54 Å². The largest absolute Gasteiger partial charge is 0.353 e. The molecule has 1 aliphatic carbocycles. The molecule has 0 amide bonds. The first-order valence-electron chi connectivity index (χ1n) is 6.53. The molecule has 6 nitrogen and oxygen atoms in total. The van der Waals surface area contributed by atoms with Gasteiger partial charge in [0.15, 0.2) is 0 Å². The van der Waals surface area contributed by atoms with Crippen LogP contribution in [0, 0.1) is 0 Å². The number of aryl methyl sites for hydroxylation is 1. The van der Waals surface area contributed by atoms with Crippen molar-refractivity contribution >= 4 is 5.96 Å². The summed E-state index contributed by atoms with van der Waals surface area (Å²) in [6.07, 6.45) is 9.57. The number of nitrogens with one attached hydrogen (secondary N) is 2. The zero-order valence-corrected chi connectivity index (χ0v) is 10.9. The first-order valence-corrected chi connectivity index (χ1v) is 6.53. The maximum absolute atomic E-state index is 5.48. The number of imidazole rings is 1. The van der Waals surface area contributed by atoms with Gasteiger partial charge < -0.3 is 9.88 Å². The molecule has 2 rings (SSSR count). The van der Waals surface area contributed by atoms with Crippen LogP contribution in [0.5, 0.6) is 0 Å². The zero-order valence-electron chi connectivity index (χ0n) is 10.9. The van der Waals surface area contributed by atoms with E-state index in [2.05, 4.69) is 20.7 Å². The van der Waals surface area contributed by atoms with E-state index in [4.69, 9.17) is 5.84 Å². The number of nitrogens with zero attached hydrogens (tertiary/aromatic N) is 3. The number of aromatic nitrogens is 2. The lowest BCUT2D eigenvalue weighted by Crippen LogP contribution is -2.45. The van der Waals surface area contributed by atoms with E-state index in [1.807, 2.05) is 17.8 Å². The molecule has 1 heterocycles. The molecule has 6 heteroatoms. The molecule has 1 aliphatic rings. The summed E-state index contributed by atoms with van der Waals surface area (Å²) >= 11 is 0. The molecule has 0 radical (unpaired) electrons. The normalized spacial score (nSPS) is 17.1. The van der Waals surface area contributed by atoms with Crippen LogP contribution < -0.4 is 16.6 Å². The minimum Gasteiger partial charge on any atom is -0.353 e. The summed E-state index contributed by atoms with van der Waals surface area (Å²) in [6.45, 7) is 0.685. The Morgan fingerprint density at radius 3 is 2.94 bits per heavy atom. The van der Waals surface area contributed by atoms with Crippen molar-refractivity contribution in [2.45, 2.75) is 38.1 Å². The molecule has 1 saturated carbocycles. The Morgan fingerprint density at radius 1 is 1.56 bits per heavy atom. The Morgan fingerprint density at radius 2 is 2.33 bits per heavy atom. The molecule has 1 aromatic heterocycles. The van der Waals surface area contributed by atoms with Crippen LogP contribution in [0.1, 0.15) is 31.5 Å². The number of nitrogens with two attached hydrogens (primary N) is 1. The third kappa shape index (κ3) is 3.46. The highest BCUT2D eigenvalue weighted by Gasteiger charge is 2.15. The highest BCUT2D eigenvalue weighted by molar-refractivity contribution is 5.79. The lowest BCUT2D eigenvalue weighted by atomic mass is 10.2. The van der Waals surface area contributed by atoms with Crippen LogP contribution in [0.15, 0.2) is 17.4 Å². The van der Waals surface area contributed by atoms with E-state index in [0.717, 1.165) is 12.2 Å². The Balaban J connectivity index is 1.80. The number of rotatable bonds is 4. The van der Waals surface area contributed by atoms with E-state index in [9.17, 15) is 0 Å². The summed E-state index contributed by atoms with van der Waals surface area (Å²) in [5.41, 5.74) is 2.64. The fraction of sp³-hybridized carbons (Fsp3) is 0.667. The Bertz CT molecular complexity index is 391. The number of guanidine groups is 1. The van der Waals surface area contributed by atoms with Gasteiger partial charge in [0.1, 0.15) is 5.82 Å².